The van der Waals surface area contributed by atoms with E-state index in [2.05, 4.69) is 0 Å². The normalized spacial score (nSPS) is 31.2. The summed E-state index contributed by atoms with van der Waals surface area (Å²) < 4.78 is 0. The Kier molecular flexibility index (Phi) is 6.91. The number of β-lactam (4-membered cyclic amide) rings is 1. The van der Waals surface area contributed by atoms with Gasteiger partial charge in [-0.1, -0.05) is 0 Å². The van der Waals surface area contributed by atoms with Crippen LogP contribution in [0.25, 0.3) is 0 Å². The Balaban J connectivity index is 0.00000128. The second-order valence-electron chi connectivity index (χ2n) is 4.64. The number of carbonyl (C=O) groups excluding carboxylic acids is 2. The number of nitrogens with zero attached hydrogens (tertiary/aromatic N) is 1. The quantitative estimate of drug-likeness (QED) is 0.391. The maximum Gasteiger partial charge on any atom is 1.00 e. The predicted molar refractivity (Wildman–Crippen MR) is 58.4 cm³/mol. The molecule has 0 aromatic carbocycles. The zero-order valence-corrected chi connectivity index (χ0v) is 13.3. The van der Waals surface area contributed by atoms with Crippen molar-refractivity contribution in [3.63, 3.8) is 0 Å². The van der Waals surface area contributed by atoms with Crippen molar-refractivity contribution >= 4 is 20.2 Å². The summed E-state index contributed by atoms with van der Waals surface area (Å²) in [7, 11) is 0. The second-order valence-corrected chi connectivity index (χ2v) is 4.64. The number of likely N-dealkylation sites (tertiary alicyclic amines) is 1. The van der Waals surface area contributed by atoms with Crippen molar-refractivity contribution in [1.82, 2.24) is 4.90 Å². The second kappa shape index (κ2) is 6.68. The number of aliphatic hydroxyl groups is 1. The molecule has 1 aliphatic carbocycles. The Morgan fingerprint density at radius 1 is 1.47 bits per heavy atom. The molecule has 17 heavy (non-hydrogen) atoms. The van der Waals surface area contributed by atoms with Crippen molar-refractivity contribution in [3.8, 4) is 0 Å². The van der Waals surface area contributed by atoms with Crippen LogP contribution in [0.1, 0.15) is 25.7 Å². The fourth-order valence-corrected chi connectivity index (χ4v) is 2.59. The smallest absolute Gasteiger partial charge is 1.00 e. The van der Waals surface area contributed by atoms with Gasteiger partial charge in [0.15, 0.2) is 0 Å². The number of amides is 2. The number of hydrogen-bond acceptors (Lipinski definition) is 3. The van der Waals surface area contributed by atoms with E-state index in [0.29, 0.717) is 19.4 Å². The van der Waals surface area contributed by atoms with E-state index in [1.807, 2.05) is 0 Å². The molecule has 0 aromatic heterocycles. The number of aliphatic hydroxyl groups excluding tert-OH is 1. The summed E-state index contributed by atoms with van der Waals surface area (Å²) in [6, 6.07) is 0. The molecule has 3 N–H and O–H groups in total. The molecule has 1 aliphatic heterocycles. The number of hydrogen-bond donors (Lipinski definition) is 2. The molecular weight excluding hydrogens is 246 g/mol. The van der Waals surface area contributed by atoms with Gasteiger partial charge in [0.2, 0.25) is 11.8 Å². The van der Waals surface area contributed by atoms with E-state index in [9.17, 15) is 14.7 Å². The third-order valence-corrected chi connectivity index (χ3v) is 3.49. The topological polar surface area (TPSA) is 83.6 Å². The summed E-state index contributed by atoms with van der Waals surface area (Å²) in [6.07, 6.45) is 2.60. The van der Waals surface area contributed by atoms with Gasteiger partial charge >= 0.3 is 51.4 Å². The van der Waals surface area contributed by atoms with Crippen LogP contribution in [0, 0.1) is 5.41 Å². The van der Waals surface area contributed by atoms with E-state index in [1.165, 1.54) is 4.90 Å². The standard InChI is InChI=1S/C10H16N2O3.B.K/c11-8(14)5-12-6-10(9(12)15)3-1-7(13)2-4-10;;/h7,13H,1-6H2,(H2,11,14);;/q;-1;+1. The first-order valence-corrected chi connectivity index (χ1v) is 5.29. The molecule has 1 saturated heterocycles. The van der Waals surface area contributed by atoms with Crippen molar-refractivity contribution < 1.29 is 66.1 Å². The largest absolute Gasteiger partial charge is 1.00 e. The summed E-state index contributed by atoms with van der Waals surface area (Å²) in [6.45, 7) is 0.657. The van der Waals surface area contributed by atoms with Crippen LogP contribution in [0.15, 0.2) is 0 Å². The fraction of sp³-hybridized carbons (Fsp3) is 0.800. The van der Waals surface area contributed by atoms with E-state index in [-0.39, 0.29) is 83.8 Å². The number of nitrogens with two attached hydrogens (primary N) is 1. The monoisotopic (exact) mass is 262 g/mol. The average molecular weight is 262 g/mol. The molecule has 1 saturated carbocycles. The van der Waals surface area contributed by atoms with Gasteiger partial charge in [-0.3, -0.25) is 9.59 Å². The van der Waals surface area contributed by atoms with Crippen LogP contribution in [0.2, 0.25) is 0 Å². The Morgan fingerprint density at radius 3 is 2.41 bits per heavy atom. The van der Waals surface area contributed by atoms with Crippen LogP contribution in [-0.4, -0.2) is 49.4 Å². The molecule has 7 heteroatoms. The molecule has 2 rings (SSSR count). The Hall–Kier alpha value is 0.601. The van der Waals surface area contributed by atoms with Gasteiger partial charge < -0.3 is 24.2 Å². The molecule has 1 heterocycles. The summed E-state index contributed by atoms with van der Waals surface area (Å²) >= 11 is 0. The number of carbonyl (C=O) groups is 2. The molecule has 88 valence electrons. The Labute approximate surface area is 145 Å². The minimum atomic E-state index is -0.464. The molecule has 4 radical (unpaired) electrons. The zero-order valence-electron chi connectivity index (χ0n) is 10.2. The van der Waals surface area contributed by atoms with Crippen LogP contribution >= 0.6 is 0 Å². The van der Waals surface area contributed by atoms with E-state index < -0.39 is 5.91 Å². The maximum absolute atomic E-state index is 11.8. The Morgan fingerprint density at radius 2 is 2.00 bits per heavy atom. The molecular formula is C10H16BKN2O3. The van der Waals surface area contributed by atoms with Gasteiger partial charge in [0.25, 0.3) is 0 Å². The predicted octanol–water partition coefficient (Wildman–Crippen LogP) is -4.14. The first kappa shape index (κ1) is 17.6. The summed E-state index contributed by atoms with van der Waals surface area (Å²) in [5.74, 6) is -0.428. The minimum absolute atomic E-state index is 0. The van der Waals surface area contributed by atoms with E-state index >= 15 is 0 Å². The summed E-state index contributed by atoms with van der Waals surface area (Å²) in [4.78, 5) is 24.0. The van der Waals surface area contributed by atoms with Crippen LogP contribution < -0.4 is 57.1 Å². The summed E-state index contributed by atoms with van der Waals surface area (Å²) in [5, 5.41) is 9.36. The van der Waals surface area contributed by atoms with E-state index in [0.717, 1.165) is 12.8 Å². The van der Waals surface area contributed by atoms with Crippen molar-refractivity contribution in [3.05, 3.63) is 0 Å². The van der Waals surface area contributed by atoms with Crippen molar-refractivity contribution in [2.45, 2.75) is 31.8 Å². The molecule has 0 bridgehead atoms. The zero-order chi connectivity index (χ0) is 11.1. The van der Waals surface area contributed by atoms with Gasteiger partial charge in [0, 0.05) is 6.54 Å². The van der Waals surface area contributed by atoms with Gasteiger partial charge in [0.1, 0.15) is 0 Å². The summed E-state index contributed by atoms with van der Waals surface area (Å²) in [5.41, 5.74) is 4.75. The maximum atomic E-state index is 11.8. The average Bonchev–Trinajstić information content (AvgIpc) is 2.19. The van der Waals surface area contributed by atoms with Crippen LogP contribution in [0.4, 0.5) is 0 Å². The van der Waals surface area contributed by atoms with Crippen molar-refractivity contribution in [1.29, 1.82) is 0 Å². The molecule has 5 nitrogen and oxygen atoms in total. The van der Waals surface area contributed by atoms with Crippen molar-refractivity contribution in [2.75, 3.05) is 13.1 Å². The number of primary amides is 1. The fourth-order valence-electron chi connectivity index (χ4n) is 2.59. The molecule has 0 unspecified atom stereocenters. The van der Waals surface area contributed by atoms with Gasteiger partial charge in [-0.05, 0) is 25.7 Å². The minimum Gasteiger partial charge on any atom is -1.00 e. The van der Waals surface area contributed by atoms with Crippen molar-refractivity contribution in [2.24, 2.45) is 11.1 Å². The third-order valence-electron chi connectivity index (χ3n) is 3.49. The van der Waals surface area contributed by atoms with Crippen LogP contribution in [0.5, 0.6) is 0 Å². The van der Waals surface area contributed by atoms with Gasteiger partial charge in [-0.2, -0.15) is 0 Å². The first-order chi connectivity index (χ1) is 7.03. The van der Waals surface area contributed by atoms with Gasteiger partial charge in [-0.15, -0.1) is 0 Å². The Bertz CT molecular complexity index is 306. The third kappa shape index (κ3) is 3.54. The molecule has 1 spiro atoms. The molecule has 2 fully saturated rings. The van der Waals surface area contributed by atoms with E-state index in [1.54, 1.807) is 0 Å². The molecule has 0 aromatic rings. The molecule has 2 amide bonds. The van der Waals surface area contributed by atoms with Crippen LogP contribution in [0.3, 0.4) is 0 Å². The SMILES string of the molecule is NC(=O)CN1CC2(CCC(O)CC2)C1=O.[B-].[K+]. The van der Waals surface area contributed by atoms with Gasteiger partial charge in [0.05, 0.1) is 18.1 Å². The number of rotatable bonds is 2. The molecule has 2 aliphatic rings. The van der Waals surface area contributed by atoms with E-state index in [4.69, 9.17) is 5.73 Å². The molecule has 0 atom stereocenters. The first-order valence-electron chi connectivity index (χ1n) is 5.29. The van der Waals surface area contributed by atoms with Gasteiger partial charge in [-0.25, -0.2) is 0 Å². The van der Waals surface area contributed by atoms with Crippen LogP contribution in [-0.2, 0) is 9.59 Å².